The molecule has 0 aromatic rings. The lowest BCUT2D eigenvalue weighted by atomic mass is 10.0. The van der Waals surface area contributed by atoms with E-state index >= 15 is 0 Å². The molecule has 0 amide bonds. The van der Waals surface area contributed by atoms with Crippen LogP contribution in [0.1, 0.15) is 105 Å². The van der Waals surface area contributed by atoms with Gasteiger partial charge in [0.15, 0.2) is 0 Å². The normalized spacial score (nSPS) is 18.0. The minimum atomic E-state index is -2.17. The molecule has 1 atom stereocenters. The van der Waals surface area contributed by atoms with Gasteiger partial charge in [-0.2, -0.15) is 0 Å². The predicted molar refractivity (Wildman–Crippen MR) is 126 cm³/mol. The van der Waals surface area contributed by atoms with E-state index in [1.54, 1.807) is 14.2 Å². The summed E-state index contributed by atoms with van der Waals surface area (Å²) in [6, 6.07) is 2.28. The van der Waals surface area contributed by atoms with Gasteiger partial charge in [-0.05, 0) is 43.8 Å². The SMILES string of the molecule is CCCCC[Si](CCCCC)(OC(=O)C(C)(CC)[Si](OC)OC)C1CCCCC1. The van der Waals surface area contributed by atoms with E-state index in [2.05, 4.69) is 20.8 Å². The number of carbonyl (C=O) groups excluding carboxylic acids is 1. The van der Waals surface area contributed by atoms with E-state index in [4.69, 9.17) is 13.3 Å². The van der Waals surface area contributed by atoms with Crippen molar-refractivity contribution < 1.29 is 18.1 Å². The molecule has 0 aromatic heterocycles. The summed E-state index contributed by atoms with van der Waals surface area (Å²) in [6.07, 6.45) is 14.5. The van der Waals surface area contributed by atoms with Crippen LogP contribution in [0.3, 0.4) is 0 Å². The van der Waals surface area contributed by atoms with Crippen LogP contribution in [0.5, 0.6) is 0 Å². The van der Waals surface area contributed by atoms with Gasteiger partial charge in [0.05, 0.1) is 0 Å². The van der Waals surface area contributed by atoms with Gasteiger partial charge in [0.1, 0.15) is 5.04 Å². The number of unbranched alkanes of at least 4 members (excludes halogenated alkanes) is 4. The van der Waals surface area contributed by atoms with Crippen molar-refractivity contribution in [2.24, 2.45) is 0 Å². The first-order valence-corrected chi connectivity index (χ1v) is 15.8. The first-order valence-electron chi connectivity index (χ1n) is 12.1. The van der Waals surface area contributed by atoms with Crippen molar-refractivity contribution in [3.63, 3.8) is 0 Å². The zero-order valence-electron chi connectivity index (χ0n) is 20.1. The van der Waals surface area contributed by atoms with Crippen LogP contribution in [0.25, 0.3) is 0 Å². The number of hydrogen-bond acceptors (Lipinski definition) is 4. The van der Waals surface area contributed by atoms with Crippen LogP contribution in [0, 0.1) is 0 Å². The fraction of sp³-hybridized carbons (Fsp3) is 0.957. The zero-order chi connectivity index (χ0) is 21.8. The van der Waals surface area contributed by atoms with Crippen molar-refractivity contribution in [3.8, 4) is 0 Å². The van der Waals surface area contributed by atoms with Crippen LogP contribution >= 0.6 is 0 Å². The molecule has 0 spiro atoms. The summed E-state index contributed by atoms with van der Waals surface area (Å²) in [5.74, 6) is -0.0391. The van der Waals surface area contributed by atoms with E-state index in [9.17, 15) is 4.79 Å². The Bertz CT molecular complexity index is 440. The van der Waals surface area contributed by atoms with E-state index in [1.807, 2.05) is 6.92 Å². The average molecular weight is 444 g/mol. The first-order chi connectivity index (χ1) is 13.9. The summed E-state index contributed by atoms with van der Waals surface area (Å²) in [7, 11) is -0.567. The molecule has 1 radical (unpaired) electrons. The predicted octanol–water partition coefficient (Wildman–Crippen LogP) is 7.14. The molecular weight excluding hydrogens is 396 g/mol. The Kier molecular flexibility index (Phi) is 13.0. The van der Waals surface area contributed by atoms with Gasteiger partial charge in [0.2, 0.25) is 0 Å². The standard InChI is InChI=1S/C23H47O4Si2/c1-7-10-15-19-29(20-16-11-8-2,21-17-13-12-14-18-21)27-22(24)23(4,9-3)28(25-5)26-6/h21H,7-20H2,1-6H3. The van der Waals surface area contributed by atoms with E-state index in [1.165, 1.54) is 70.6 Å². The molecule has 0 aromatic carbocycles. The molecular formula is C23H47O4Si2. The first kappa shape index (κ1) is 26.9. The van der Waals surface area contributed by atoms with Crippen molar-refractivity contribution in [1.29, 1.82) is 0 Å². The molecule has 4 nitrogen and oxygen atoms in total. The molecule has 0 heterocycles. The van der Waals surface area contributed by atoms with Crippen molar-refractivity contribution in [1.82, 2.24) is 0 Å². The lowest BCUT2D eigenvalue weighted by Gasteiger charge is -2.43. The maximum absolute atomic E-state index is 13.7. The van der Waals surface area contributed by atoms with Crippen molar-refractivity contribution in [2.45, 2.75) is 127 Å². The molecule has 0 saturated heterocycles. The van der Waals surface area contributed by atoms with E-state index in [-0.39, 0.29) is 5.97 Å². The summed E-state index contributed by atoms with van der Waals surface area (Å²) in [6.45, 7) is 8.57. The molecule has 171 valence electrons. The topological polar surface area (TPSA) is 44.8 Å². The second kappa shape index (κ2) is 14.0. The highest BCUT2D eigenvalue weighted by atomic mass is 28.4. The van der Waals surface area contributed by atoms with Crippen molar-refractivity contribution >= 4 is 23.6 Å². The van der Waals surface area contributed by atoms with E-state index in [0.717, 1.165) is 12.1 Å². The number of hydrogen-bond donors (Lipinski definition) is 0. The van der Waals surface area contributed by atoms with Gasteiger partial charge < -0.3 is 13.3 Å². The van der Waals surface area contributed by atoms with Gasteiger partial charge in [-0.25, -0.2) is 0 Å². The van der Waals surface area contributed by atoms with Crippen molar-refractivity contribution in [2.75, 3.05) is 14.2 Å². The molecule has 6 heteroatoms. The van der Waals surface area contributed by atoms with Crippen LogP contribution in [-0.4, -0.2) is 37.8 Å². The summed E-state index contributed by atoms with van der Waals surface area (Å²) in [5.41, 5.74) is 0.635. The zero-order valence-corrected chi connectivity index (χ0v) is 22.1. The molecule has 0 bridgehead atoms. The van der Waals surface area contributed by atoms with Gasteiger partial charge in [0, 0.05) is 14.2 Å². The second-order valence-electron chi connectivity index (χ2n) is 9.08. The summed E-state index contributed by atoms with van der Waals surface area (Å²) >= 11 is 0. The number of rotatable bonds is 15. The van der Waals surface area contributed by atoms with Gasteiger partial charge in [-0.1, -0.05) is 78.6 Å². The largest absolute Gasteiger partial charge is 0.518 e. The maximum atomic E-state index is 13.7. The summed E-state index contributed by atoms with van der Waals surface area (Å²) < 4.78 is 18.0. The third-order valence-corrected chi connectivity index (χ3v) is 14.3. The Labute approximate surface area is 183 Å². The Morgan fingerprint density at radius 2 is 1.45 bits per heavy atom. The van der Waals surface area contributed by atoms with Crippen LogP contribution in [0.4, 0.5) is 0 Å². The lowest BCUT2D eigenvalue weighted by molar-refractivity contribution is -0.139. The van der Waals surface area contributed by atoms with Crippen LogP contribution in [-0.2, 0) is 18.1 Å². The highest BCUT2D eigenvalue weighted by Crippen LogP contribution is 2.46. The third-order valence-electron chi connectivity index (χ3n) is 7.03. The molecule has 29 heavy (non-hydrogen) atoms. The molecule has 0 aliphatic heterocycles. The van der Waals surface area contributed by atoms with Gasteiger partial charge in [-0.15, -0.1) is 0 Å². The lowest BCUT2D eigenvalue weighted by Crippen LogP contribution is -2.50. The molecule has 0 N–H and O–H groups in total. The third kappa shape index (κ3) is 7.47. The Morgan fingerprint density at radius 3 is 1.86 bits per heavy atom. The Hall–Kier alpha value is -0.176. The fourth-order valence-electron chi connectivity index (χ4n) is 4.90. The monoisotopic (exact) mass is 443 g/mol. The minimum Gasteiger partial charge on any atom is -0.518 e. The molecule has 1 unspecified atom stereocenters. The fourth-order valence-corrected chi connectivity index (χ4v) is 11.8. The van der Waals surface area contributed by atoms with E-state index in [0.29, 0.717) is 12.0 Å². The Balaban J connectivity index is 3.17. The van der Waals surface area contributed by atoms with Crippen LogP contribution in [0.2, 0.25) is 22.7 Å². The van der Waals surface area contributed by atoms with Gasteiger partial charge >= 0.3 is 9.28 Å². The maximum Gasteiger partial charge on any atom is 0.402 e. The quantitative estimate of drug-likeness (QED) is 0.199. The van der Waals surface area contributed by atoms with Crippen molar-refractivity contribution in [3.05, 3.63) is 0 Å². The van der Waals surface area contributed by atoms with Crippen LogP contribution in [0.15, 0.2) is 0 Å². The molecule has 1 aliphatic carbocycles. The van der Waals surface area contributed by atoms with Gasteiger partial charge in [0.25, 0.3) is 14.3 Å². The molecule has 1 aliphatic rings. The minimum absolute atomic E-state index is 0.0391. The number of carbonyl (C=O) groups is 1. The average Bonchev–Trinajstić information content (AvgIpc) is 2.75. The molecule has 1 fully saturated rings. The van der Waals surface area contributed by atoms with E-state index < -0.39 is 22.6 Å². The highest BCUT2D eigenvalue weighted by Gasteiger charge is 2.52. The smallest absolute Gasteiger partial charge is 0.402 e. The van der Waals surface area contributed by atoms with Crippen LogP contribution < -0.4 is 0 Å². The second-order valence-corrected chi connectivity index (χ2v) is 15.7. The summed E-state index contributed by atoms with van der Waals surface area (Å²) in [5, 5.41) is -0.656. The van der Waals surface area contributed by atoms with Gasteiger partial charge in [-0.3, -0.25) is 4.79 Å². The summed E-state index contributed by atoms with van der Waals surface area (Å²) in [4.78, 5) is 13.7. The highest BCUT2D eigenvalue weighted by molar-refractivity contribution is 6.77. The molecule has 1 saturated carbocycles. The molecule has 1 rings (SSSR count). The Morgan fingerprint density at radius 1 is 0.931 bits per heavy atom.